The Labute approximate surface area is 120 Å². The molecule has 0 saturated carbocycles. The van der Waals surface area contributed by atoms with Crippen molar-refractivity contribution in [3.8, 4) is 18.1 Å². The zero-order valence-electron chi connectivity index (χ0n) is 11.6. The van der Waals surface area contributed by atoms with Crippen molar-refractivity contribution < 1.29 is 4.74 Å². The molecule has 3 nitrogen and oxygen atoms in total. The maximum absolute atomic E-state index is 5.35. The van der Waals surface area contributed by atoms with Gasteiger partial charge in [-0.3, -0.25) is 9.88 Å². The van der Waals surface area contributed by atoms with Gasteiger partial charge in [-0.1, -0.05) is 24.1 Å². The quantitative estimate of drug-likeness (QED) is 0.752. The second-order valence-electron chi connectivity index (χ2n) is 4.67. The largest absolute Gasteiger partial charge is 0.481 e. The molecule has 1 heterocycles. The summed E-state index contributed by atoms with van der Waals surface area (Å²) in [4.78, 5) is 6.37. The van der Waals surface area contributed by atoms with E-state index in [2.05, 4.69) is 41.1 Å². The first-order chi connectivity index (χ1) is 9.78. The first-order valence-corrected chi connectivity index (χ1v) is 6.50. The third-order valence-corrected chi connectivity index (χ3v) is 2.87. The molecule has 0 fully saturated rings. The van der Waals surface area contributed by atoms with E-state index in [-0.39, 0.29) is 0 Å². The standard InChI is InChI=1S/C17H18N2O/c1-3-11-20-17-8-6-15(7-9-17)13-19(2)14-16-5-4-10-18-12-16/h1,4-10,12H,11,13-14H2,2H3. The lowest BCUT2D eigenvalue weighted by Gasteiger charge is -2.16. The van der Waals surface area contributed by atoms with Crippen molar-refractivity contribution >= 4 is 0 Å². The minimum Gasteiger partial charge on any atom is -0.481 e. The van der Waals surface area contributed by atoms with Gasteiger partial charge in [-0.2, -0.15) is 0 Å². The average molecular weight is 266 g/mol. The third-order valence-electron chi connectivity index (χ3n) is 2.87. The summed E-state index contributed by atoms with van der Waals surface area (Å²) in [5.41, 5.74) is 2.45. The van der Waals surface area contributed by atoms with E-state index in [1.165, 1.54) is 11.1 Å². The summed E-state index contributed by atoms with van der Waals surface area (Å²) in [6, 6.07) is 12.1. The Morgan fingerprint density at radius 1 is 1.15 bits per heavy atom. The molecule has 2 rings (SSSR count). The summed E-state index contributed by atoms with van der Waals surface area (Å²) < 4.78 is 5.35. The Bertz CT molecular complexity index is 558. The molecule has 0 amide bonds. The molecule has 1 aromatic heterocycles. The number of terminal acetylenes is 1. The van der Waals surface area contributed by atoms with Gasteiger partial charge in [0.25, 0.3) is 0 Å². The zero-order valence-corrected chi connectivity index (χ0v) is 11.6. The molecule has 0 radical (unpaired) electrons. The first-order valence-electron chi connectivity index (χ1n) is 6.50. The average Bonchev–Trinajstić information content (AvgIpc) is 2.47. The van der Waals surface area contributed by atoms with Gasteiger partial charge in [0.15, 0.2) is 0 Å². The highest BCUT2D eigenvalue weighted by Gasteiger charge is 2.02. The molecule has 0 saturated heterocycles. The number of hydrogen-bond acceptors (Lipinski definition) is 3. The van der Waals surface area contributed by atoms with Gasteiger partial charge in [0.1, 0.15) is 12.4 Å². The SMILES string of the molecule is C#CCOc1ccc(CN(C)Cc2cccnc2)cc1. The minimum atomic E-state index is 0.306. The van der Waals surface area contributed by atoms with E-state index in [4.69, 9.17) is 11.2 Å². The fourth-order valence-corrected chi connectivity index (χ4v) is 1.99. The van der Waals surface area contributed by atoms with Gasteiger partial charge in [0.05, 0.1) is 0 Å². The molecule has 102 valence electrons. The van der Waals surface area contributed by atoms with Gasteiger partial charge in [-0.25, -0.2) is 0 Å². The number of benzene rings is 1. The molecular weight excluding hydrogens is 248 g/mol. The lowest BCUT2D eigenvalue weighted by Crippen LogP contribution is -2.17. The summed E-state index contributed by atoms with van der Waals surface area (Å²) >= 11 is 0. The topological polar surface area (TPSA) is 25.4 Å². The highest BCUT2D eigenvalue weighted by atomic mass is 16.5. The van der Waals surface area contributed by atoms with Gasteiger partial charge in [-0.15, -0.1) is 6.42 Å². The van der Waals surface area contributed by atoms with E-state index in [0.717, 1.165) is 18.8 Å². The maximum Gasteiger partial charge on any atom is 0.148 e. The number of nitrogens with zero attached hydrogens (tertiary/aromatic N) is 2. The van der Waals surface area contributed by atoms with Crippen LogP contribution in [0.15, 0.2) is 48.8 Å². The second kappa shape index (κ2) is 7.32. The van der Waals surface area contributed by atoms with Crippen LogP contribution in [0.4, 0.5) is 0 Å². The normalized spacial score (nSPS) is 10.2. The van der Waals surface area contributed by atoms with Crippen LogP contribution < -0.4 is 4.74 Å². The molecule has 0 unspecified atom stereocenters. The summed E-state index contributed by atoms with van der Waals surface area (Å²) in [5.74, 6) is 3.26. The van der Waals surface area contributed by atoms with Gasteiger partial charge < -0.3 is 4.74 Å². The lowest BCUT2D eigenvalue weighted by molar-refractivity contribution is 0.318. The highest BCUT2D eigenvalue weighted by Crippen LogP contribution is 2.14. The van der Waals surface area contributed by atoms with Crippen LogP contribution in [0.25, 0.3) is 0 Å². The summed E-state index contributed by atoms with van der Waals surface area (Å²) in [7, 11) is 2.09. The predicted molar refractivity (Wildman–Crippen MR) is 80.2 cm³/mol. The molecule has 0 N–H and O–H groups in total. The molecule has 3 heteroatoms. The van der Waals surface area contributed by atoms with Crippen molar-refractivity contribution in [3.63, 3.8) is 0 Å². The van der Waals surface area contributed by atoms with Gasteiger partial charge in [0, 0.05) is 25.5 Å². The van der Waals surface area contributed by atoms with E-state index >= 15 is 0 Å². The molecule has 0 spiro atoms. The van der Waals surface area contributed by atoms with Crippen molar-refractivity contribution in [2.24, 2.45) is 0 Å². The van der Waals surface area contributed by atoms with Crippen molar-refractivity contribution in [3.05, 3.63) is 59.9 Å². The van der Waals surface area contributed by atoms with Gasteiger partial charge in [-0.05, 0) is 36.4 Å². The van der Waals surface area contributed by atoms with Crippen LogP contribution in [-0.4, -0.2) is 23.5 Å². The van der Waals surface area contributed by atoms with Crippen LogP contribution in [-0.2, 0) is 13.1 Å². The first kappa shape index (κ1) is 14.1. The summed E-state index contributed by atoms with van der Waals surface area (Å²) in [5, 5.41) is 0. The third kappa shape index (κ3) is 4.42. The van der Waals surface area contributed by atoms with E-state index in [9.17, 15) is 0 Å². The summed E-state index contributed by atoms with van der Waals surface area (Å²) in [6.45, 7) is 2.06. The number of rotatable bonds is 6. The van der Waals surface area contributed by atoms with Gasteiger partial charge in [0.2, 0.25) is 0 Å². The van der Waals surface area contributed by atoms with Crippen LogP contribution in [0.2, 0.25) is 0 Å². The van der Waals surface area contributed by atoms with Crippen LogP contribution >= 0.6 is 0 Å². The van der Waals surface area contributed by atoms with Crippen LogP contribution in [0.3, 0.4) is 0 Å². The zero-order chi connectivity index (χ0) is 14.2. The Kier molecular flexibility index (Phi) is 5.16. The van der Waals surface area contributed by atoms with Crippen molar-refractivity contribution in [2.75, 3.05) is 13.7 Å². The molecular formula is C17H18N2O. The number of pyridine rings is 1. The Morgan fingerprint density at radius 3 is 2.55 bits per heavy atom. The second-order valence-corrected chi connectivity index (χ2v) is 4.67. The van der Waals surface area contributed by atoms with Gasteiger partial charge >= 0.3 is 0 Å². The molecule has 0 atom stereocenters. The monoisotopic (exact) mass is 266 g/mol. The molecule has 0 aliphatic heterocycles. The molecule has 0 aliphatic rings. The lowest BCUT2D eigenvalue weighted by atomic mass is 10.2. The van der Waals surface area contributed by atoms with E-state index in [1.54, 1.807) is 6.20 Å². The van der Waals surface area contributed by atoms with E-state index in [1.807, 2.05) is 24.4 Å². The minimum absolute atomic E-state index is 0.306. The Balaban J connectivity index is 1.88. The van der Waals surface area contributed by atoms with Crippen molar-refractivity contribution in [1.29, 1.82) is 0 Å². The molecule has 0 bridgehead atoms. The van der Waals surface area contributed by atoms with Crippen LogP contribution in [0.1, 0.15) is 11.1 Å². The molecule has 2 aromatic rings. The smallest absolute Gasteiger partial charge is 0.148 e. The number of hydrogen-bond donors (Lipinski definition) is 0. The maximum atomic E-state index is 5.35. The van der Waals surface area contributed by atoms with Crippen LogP contribution in [0.5, 0.6) is 5.75 Å². The Hall–Kier alpha value is -2.31. The fraction of sp³-hybridized carbons (Fsp3) is 0.235. The van der Waals surface area contributed by atoms with E-state index < -0.39 is 0 Å². The number of aromatic nitrogens is 1. The number of ether oxygens (including phenoxy) is 1. The molecule has 20 heavy (non-hydrogen) atoms. The predicted octanol–water partition coefficient (Wildman–Crippen LogP) is 2.73. The summed E-state index contributed by atoms with van der Waals surface area (Å²) in [6.07, 6.45) is 8.84. The Morgan fingerprint density at radius 2 is 1.90 bits per heavy atom. The van der Waals surface area contributed by atoms with Crippen molar-refractivity contribution in [1.82, 2.24) is 9.88 Å². The molecule has 0 aliphatic carbocycles. The van der Waals surface area contributed by atoms with Crippen LogP contribution in [0, 0.1) is 12.3 Å². The fourth-order valence-electron chi connectivity index (χ4n) is 1.99. The van der Waals surface area contributed by atoms with Crippen molar-refractivity contribution in [2.45, 2.75) is 13.1 Å². The molecule has 1 aromatic carbocycles. The highest BCUT2D eigenvalue weighted by molar-refractivity contribution is 5.27. The van der Waals surface area contributed by atoms with E-state index in [0.29, 0.717) is 6.61 Å².